The third kappa shape index (κ3) is 7.11. The number of halogens is 1. The zero-order valence-electron chi connectivity index (χ0n) is 13.8. The Labute approximate surface area is 142 Å². The first-order valence-corrected chi connectivity index (χ1v) is 7.77. The molecule has 0 atom stereocenters. The summed E-state index contributed by atoms with van der Waals surface area (Å²) in [6, 6.07) is 1.80. The number of hydrogen-bond donors (Lipinski definition) is 2. The van der Waals surface area contributed by atoms with Crippen molar-refractivity contribution in [1.82, 2.24) is 15.5 Å². The molecule has 2 N–H and O–H groups in total. The van der Waals surface area contributed by atoms with E-state index >= 15 is 0 Å². The van der Waals surface area contributed by atoms with Crippen LogP contribution >= 0.6 is 24.0 Å². The molecule has 1 aliphatic rings. The van der Waals surface area contributed by atoms with Crippen LogP contribution in [0.3, 0.4) is 0 Å². The molecule has 0 aromatic carbocycles. The molecule has 1 aliphatic carbocycles. The lowest BCUT2D eigenvalue weighted by molar-refractivity contribution is 0.178. The fourth-order valence-electron chi connectivity index (χ4n) is 2.87. The van der Waals surface area contributed by atoms with Crippen LogP contribution in [0.25, 0.3) is 0 Å². The first kappa shape index (κ1) is 20.0. The predicted octanol–water partition coefficient (Wildman–Crippen LogP) is 2.83. The maximum Gasteiger partial charge on any atom is 0.191 e. The second kappa shape index (κ2) is 10.7. The minimum Gasteiger partial charge on any atom is -0.355 e. The number of nitrogens with one attached hydrogen (secondary N) is 2. The molecule has 0 heterocycles. The number of rotatable bonds is 6. The van der Waals surface area contributed by atoms with Crippen molar-refractivity contribution >= 4 is 29.9 Å². The van der Waals surface area contributed by atoms with Gasteiger partial charge in [0.25, 0.3) is 0 Å². The highest BCUT2D eigenvalue weighted by atomic mass is 127. The number of aliphatic imine (C=N–C) groups is 1. The minimum absolute atomic E-state index is 0. The number of guanidine groups is 1. The fourth-order valence-corrected chi connectivity index (χ4v) is 2.87. The minimum atomic E-state index is 0. The number of hydrogen-bond acceptors (Lipinski definition) is 2. The van der Waals surface area contributed by atoms with Crippen molar-refractivity contribution in [3.63, 3.8) is 0 Å². The topological polar surface area (TPSA) is 39.7 Å². The molecule has 1 saturated carbocycles. The SMILES string of the molecule is CN=C(NCCN(C(C)C)C(C)C)NC1CCCC1.I. The fraction of sp³-hybridized carbons (Fsp3) is 0.933. The molecule has 0 aromatic heterocycles. The molecule has 0 aliphatic heterocycles. The van der Waals surface area contributed by atoms with Gasteiger partial charge in [0.1, 0.15) is 0 Å². The molecular weight excluding hydrogens is 363 g/mol. The molecule has 1 fully saturated rings. The molecule has 1 rings (SSSR count). The van der Waals surface area contributed by atoms with Crippen LogP contribution in [0.2, 0.25) is 0 Å². The molecule has 0 aromatic rings. The maximum absolute atomic E-state index is 4.31. The highest BCUT2D eigenvalue weighted by molar-refractivity contribution is 14.0. The van der Waals surface area contributed by atoms with Gasteiger partial charge in [-0.15, -0.1) is 24.0 Å². The van der Waals surface area contributed by atoms with Crippen molar-refractivity contribution in [1.29, 1.82) is 0 Å². The van der Waals surface area contributed by atoms with Crippen LogP contribution in [0, 0.1) is 0 Å². The van der Waals surface area contributed by atoms with E-state index in [0.717, 1.165) is 19.0 Å². The lowest BCUT2D eigenvalue weighted by Gasteiger charge is -2.30. The normalized spacial score (nSPS) is 16.9. The van der Waals surface area contributed by atoms with Gasteiger partial charge >= 0.3 is 0 Å². The van der Waals surface area contributed by atoms with Crippen LogP contribution in [0.4, 0.5) is 0 Å². The lowest BCUT2D eigenvalue weighted by Crippen LogP contribution is -2.47. The zero-order valence-corrected chi connectivity index (χ0v) is 16.1. The van der Waals surface area contributed by atoms with E-state index in [1.165, 1.54) is 25.7 Å². The molecule has 0 bridgehead atoms. The van der Waals surface area contributed by atoms with Gasteiger partial charge in [-0.1, -0.05) is 12.8 Å². The Morgan fingerprint density at radius 2 is 1.70 bits per heavy atom. The summed E-state index contributed by atoms with van der Waals surface area (Å²) < 4.78 is 0. The Kier molecular flexibility index (Phi) is 10.6. The van der Waals surface area contributed by atoms with Crippen molar-refractivity contribution in [2.75, 3.05) is 20.1 Å². The van der Waals surface area contributed by atoms with Crippen molar-refractivity contribution in [2.45, 2.75) is 71.5 Å². The van der Waals surface area contributed by atoms with E-state index < -0.39 is 0 Å². The molecule has 0 saturated heterocycles. The first-order chi connectivity index (χ1) is 9.04. The summed E-state index contributed by atoms with van der Waals surface area (Å²) in [7, 11) is 1.85. The lowest BCUT2D eigenvalue weighted by atomic mass is 10.2. The average Bonchev–Trinajstić information content (AvgIpc) is 2.84. The summed E-state index contributed by atoms with van der Waals surface area (Å²) in [6.07, 6.45) is 5.27. The molecule has 4 nitrogen and oxygen atoms in total. The van der Waals surface area contributed by atoms with Gasteiger partial charge < -0.3 is 10.6 Å². The first-order valence-electron chi connectivity index (χ1n) is 7.77. The highest BCUT2D eigenvalue weighted by Crippen LogP contribution is 2.17. The van der Waals surface area contributed by atoms with Gasteiger partial charge in [0.05, 0.1) is 0 Å². The quantitative estimate of drug-likeness (QED) is 0.412. The van der Waals surface area contributed by atoms with Gasteiger partial charge in [-0.05, 0) is 40.5 Å². The van der Waals surface area contributed by atoms with Crippen LogP contribution < -0.4 is 10.6 Å². The Morgan fingerprint density at radius 1 is 1.15 bits per heavy atom. The maximum atomic E-state index is 4.31. The molecule has 0 unspecified atom stereocenters. The second-order valence-electron chi connectivity index (χ2n) is 6.05. The van der Waals surface area contributed by atoms with Crippen molar-refractivity contribution in [3.05, 3.63) is 0 Å². The molecule has 5 heteroatoms. The Morgan fingerprint density at radius 3 is 2.15 bits per heavy atom. The van der Waals surface area contributed by atoms with Crippen LogP contribution in [0.5, 0.6) is 0 Å². The third-order valence-electron chi connectivity index (χ3n) is 3.91. The van der Waals surface area contributed by atoms with Gasteiger partial charge in [-0.25, -0.2) is 0 Å². The zero-order chi connectivity index (χ0) is 14.3. The van der Waals surface area contributed by atoms with E-state index in [1.807, 2.05) is 7.05 Å². The molecular formula is C15H33IN4. The summed E-state index contributed by atoms with van der Waals surface area (Å²) in [4.78, 5) is 6.81. The van der Waals surface area contributed by atoms with E-state index in [2.05, 4.69) is 48.2 Å². The monoisotopic (exact) mass is 396 g/mol. The summed E-state index contributed by atoms with van der Waals surface area (Å²) in [6.45, 7) is 11.0. The van der Waals surface area contributed by atoms with Gasteiger partial charge in [0.2, 0.25) is 0 Å². The van der Waals surface area contributed by atoms with Gasteiger partial charge in [-0.2, -0.15) is 0 Å². The third-order valence-corrected chi connectivity index (χ3v) is 3.91. The van der Waals surface area contributed by atoms with E-state index in [9.17, 15) is 0 Å². The second-order valence-corrected chi connectivity index (χ2v) is 6.05. The number of nitrogens with zero attached hydrogens (tertiary/aromatic N) is 2. The largest absolute Gasteiger partial charge is 0.355 e. The molecule has 0 amide bonds. The molecule has 120 valence electrons. The van der Waals surface area contributed by atoms with Gasteiger partial charge in [0.15, 0.2) is 5.96 Å². The van der Waals surface area contributed by atoms with Crippen LogP contribution in [-0.4, -0.2) is 49.1 Å². The van der Waals surface area contributed by atoms with E-state index in [1.54, 1.807) is 0 Å². The Bertz CT molecular complexity index is 265. The standard InChI is InChI=1S/C15H32N4.HI/c1-12(2)19(13(3)4)11-10-17-15(16-5)18-14-8-6-7-9-14;/h12-14H,6-11H2,1-5H3,(H2,16,17,18);1H. The van der Waals surface area contributed by atoms with Crippen LogP contribution in [-0.2, 0) is 0 Å². The van der Waals surface area contributed by atoms with Crippen LogP contribution in [0.1, 0.15) is 53.4 Å². The molecule has 20 heavy (non-hydrogen) atoms. The van der Waals surface area contributed by atoms with Crippen LogP contribution in [0.15, 0.2) is 4.99 Å². The van der Waals surface area contributed by atoms with Crippen molar-refractivity contribution in [2.24, 2.45) is 4.99 Å². The van der Waals surface area contributed by atoms with E-state index in [0.29, 0.717) is 18.1 Å². The van der Waals surface area contributed by atoms with Crippen molar-refractivity contribution in [3.8, 4) is 0 Å². The summed E-state index contributed by atoms with van der Waals surface area (Å²) in [5.41, 5.74) is 0. The summed E-state index contributed by atoms with van der Waals surface area (Å²) in [5.74, 6) is 0.958. The smallest absolute Gasteiger partial charge is 0.191 e. The highest BCUT2D eigenvalue weighted by Gasteiger charge is 2.16. The molecule has 0 radical (unpaired) electrons. The summed E-state index contributed by atoms with van der Waals surface area (Å²) in [5, 5.41) is 6.95. The Hall–Kier alpha value is -0.0400. The summed E-state index contributed by atoms with van der Waals surface area (Å²) >= 11 is 0. The van der Waals surface area contributed by atoms with Crippen molar-refractivity contribution < 1.29 is 0 Å². The van der Waals surface area contributed by atoms with Gasteiger partial charge in [0, 0.05) is 38.3 Å². The predicted molar refractivity (Wildman–Crippen MR) is 99.1 cm³/mol. The Balaban J connectivity index is 0.00000361. The average molecular weight is 396 g/mol. The van der Waals surface area contributed by atoms with E-state index in [4.69, 9.17) is 0 Å². The van der Waals surface area contributed by atoms with Gasteiger partial charge in [-0.3, -0.25) is 9.89 Å². The van der Waals surface area contributed by atoms with E-state index in [-0.39, 0.29) is 24.0 Å². The molecule has 0 spiro atoms.